The number of nitrogen functional groups attached to an aromatic ring is 1. The molecule has 1 aromatic rings. The van der Waals surface area contributed by atoms with E-state index >= 15 is 0 Å². The monoisotopic (exact) mass is 332 g/mol. The van der Waals surface area contributed by atoms with Gasteiger partial charge in [-0.2, -0.15) is 0 Å². The molecule has 18 heavy (non-hydrogen) atoms. The highest BCUT2D eigenvalue weighted by atomic mass is 79.9. The fraction of sp³-hybridized carbons (Fsp3) is 0.500. The summed E-state index contributed by atoms with van der Waals surface area (Å²) in [4.78, 5) is 0.260. The molecule has 6 heteroatoms. The minimum Gasteiger partial charge on any atom is -0.398 e. The van der Waals surface area contributed by atoms with Gasteiger partial charge in [0.2, 0.25) is 10.0 Å². The molecule has 0 aliphatic heterocycles. The minimum absolute atomic E-state index is 0.0830. The van der Waals surface area contributed by atoms with Crippen molar-refractivity contribution in [1.82, 2.24) is 4.72 Å². The summed E-state index contributed by atoms with van der Waals surface area (Å²) < 4.78 is 28.0. The predicted molar refractivity (Wildman–Crippen MR) is 75.8 cm³/mol. The highest BCUT2D eigenvalue weighted by Crippen LogP contribution is 2.35. The van der Waals surface area contributed by atoms with Gasteiger partial charge in [-0.25, -0.2) is 13.1 Å². The molecule has 0 saturated heterocycles. The average Bonchev–Trinajstić information content (AvgIpc) is 3.00. The van der Waals surface area contributed by atoms with Crippen molar-refractivity contribution in [3.8, 4) is 0 Å². The first kappa shape index (κ1) is 13.8. The van der Waals surface area contributed by atoms with Crippen LogP contribution in [0.25, 0.3) is 0 Å². The van der Waals surface area contributed by atoms with Gasteiger partial charge in [-0.05, 0) is 37.0 Å². The maximum atomic E-state index is 12.3. The number of rotatable bonds is 4. The Morgan fingerprint density at radius 1 is 1.50 bits per heavy atom. The summed E-state index contributed by atoms with van der Waals surface area (Å²) in [6.45, 7) is 3.79. The number of hydrogen-bond donors (Lipinski definition) is 2. The van der Waals surface area contributed by atoms with Crippen LogP contribution in [0, 0.1) is 12.8 Å². The third-order valence-electron chi connectivity index (χ3n) is 3.41. The largest absolute Gasteiger partial charge is 0.398 e. The third kappa shape index (κ3) is 2.70. The first-order valence-electron chi connectivity index (χ1n) is 5.93. The zero-order valence-electron chi connectivity index (χ0n) is 10.4. The van der Waals surface area contributed by atoms with E-state index in [2.05, 4.69) is 27.6 Å². The van der Waals surface area contributed by atoms with E-state index in [1.807, 2.05) is 0 Å². The van der Waals surface area contributed by atoms with Gasteiger partial charge in [0.05, 0.1) is 4.90 Å². The molecular weight excluding hydrogens is 316 g/mol. The highest BCUT2D eigenvalue weighted by Gasteiger charge is 2.39. The first-order valence-corrected chi connectivity index (χ1v) is 8.20. The van der Waals surface area contributed by atoms with E-state index < -0.39 is 10.0 Å². The standard InChI is InChI=1S/C12H17BrN2O2S/c1-3-8-4-11(8)15-18(16,17)12-6-9(13)5-10(14)7(12)2/h5-6,8,11,15H,3-4,14H2,1-2H3. The zero-order valence-corrected chi connectivity index (χ0v) is 12.8. The molecule has 0 bridgehead atoms. The van der Waals surface area contributed by atoms with Crippen molar-refractivity contribution >= 4 is 31.6 Å². The quantitative estimate of drug-likeness (QED) is 0.831. The summed E-state index contributed by atoms with van der Waals surface area (Å²) in [5, 5.41) is 0. The Hall–Kier alpha value is -0.590. The van der Waals surface area contributed by atoms with E-state index in [1.165, 1.54) is 0 Å². The van der Waals surface area contributed by atoms with Crippen LogP contribution in [0.15, 0.2) is 21.5 Å². The predicted octanol–water partition coefficient (Wildman–Crippen LogP) is 2.42. The van der Waals surface area contributed by atoms with Gasteiger partial charge in [-0.1, -0.05) is 29.3 Å². The Morgan fingerprint density at radius 2 is 2.17 bits per heavy atom. The number of anilines is 1. The van der Waals surface area contributed by atoms with Crippen LogP contribution in [0.3, 0.4) is 0 Å². The fourth-order valence-corrected chi connectivity index (χ4v) is 4.30. The van der Waals surface area contributed by atoms with Crippen molar-refractivity contribution in [2.24, 2.45) is 5.92 Å². The molecule has 1 aliphatic carbocycles. The Kier molecular flexibility index (Phi) is 3.71. The molecule has 0 aromatic heterocycles. The lowest BCUT2D eigenvalue weighted by Gasteiger charge is -2.11. The lowest BCUT2D eigenvalue weighted by molar-refractivity contribution is 0.575. The van der Waals surface area contributed by atoms with E-state index in [4.69, 9.17) is 5.73 Å². The minimum atomic E-state index is -3.48. The van der Waals surface area contributed by atoms with Crippen LogP contribution in [0.2, 0.25) is 0 Å². The number of benzene rings is 1. The molecule has 3 N–H and O–H groups in total. The maximum Gasteiger partial charge on any atom is 0.241 e. The number of hydrogen-bond acceptors (Lipinski definition) is 3. The van der Waals surface area contributed by atoms with Crippen molar-refractivity contribution in [3.63, 3.8) is 0 Å². The van der Waals surface area contributed by atoms with E-state index in [0.717, 1.165) is 12.8 Å². The second-order valence-electron chi connectivity index (χ2n) is 4.75. The molecule has 100 valence electrons. The maximum absolute atomic E-state index is 12.3. The molecule has 1 aromatic carbocycles. The van der Waals surface area contributed by atoms with Gasteiger partial charge < -0.3 is 5.73 Å². The highest BCUT2D eigenvalue weighted by molar-refractivity contribution is 9.10. The molecule has 2 atom stereocenters. The summed E-state index contributed by atoms with van der Waals surface area (Å²) in [5.41, 5.74) is 6.87. The van der Waals surface area contributed by atoms with Gasteiger partial charge in [0.1, 0.15) is 0 Å². The Labute approximate surface area is 116 Å². The zero-order chi connectivity index (χ0) is 13.5. The SMILES string of the molecule is CCC1CC1NS(=O)(=O)c1cc(Br)cc(N)c1C. The smallest absolute Gasteiger partial charge is 0.241 e. The fourth-order valence-electron chi connectivity index (χ4n) is 2.06. The van der Waals surface area contributed by atoms with Crippen molar-refractivity contribution in [1.29, 1.82) is 0 Å². The number of nitrogens with one attached hydrogen (secondary N) is 1. The molecule has 1 aliphatic rings. The summed E-state index contributed by atoms with van der Waals surface area (Å²) in [5.74, 6) is 0.476. The number of sulfonamides is 1. The second kappa shape index (κ2) is 4.83. The summed E-state index contributed by atoms with van der Waals surface area (Å²) in [7, 11) is -3.48. The van der Waals surface area contributed by atoms with E-state index in [-0.39, 0.29) is 10.9 Å². The molecule has 1 fully saturated rings. The van der Waals surface area contributed by atoms with Crippen molar-refractivity contribution in [2.75, 3.05) is 5.73 Å². The van der Waals surface area contributed by atoms with Gasteiger partial charge in [0.25, 0.3) is 0 Å². The van der Waals surface area contributed by atoms with Crippen molar-refractivity contribution < 1.29 is 8.42 Å². The van der Waals surface area contributed by atoms with Crippen LogP contribution < -0.4 is 10.5 Å². The molecule has 2 unspecified atom stereocenters. The van der Waals surface area contributed by atoms with Crippen LogP contribution in [0.5, 0.6) is 0 Å². The topological polar surface area (TPSA) is 72.2 Å². The Bertz CT molecular complexity index is 572. The normalized spacial score (nSPS) is 23.1. The average molecular weight is 333 g/mol. The van der Waals surface area contributed by atoms with Crippen LogP contribution in [-0.2, 0) is 10.0 Å². The number of nitrogens with two attached hydrogens (primary N) is 1. The van der Waals surface area contributed by atoms with Crippen LogP contribution >= 0.6 is 15.9 Å². The lowest BCUT2D eigenvalue weighted by Crippen LogP contribution is -2.27. The van der Waals surface area contributed by atoms with Gasteiger partial charge in [0.15, 0.2) is 0 Å². The van der Waals surface area contributed by atoms with Crippen molar-refractivity contribution in [2.45, 2.75) is 37.6 Å². The molecule has 1 saturated carbocycles. The van der Waals surface area contributed by atoms with Gasteiger partial charge in [-0.15, -0.1) is 0 Å². The first-order chi connectivity index (χ1) is 8.35. The third-order valence-corrected chi connectivity index (χ3v) is 5.48. The molecule has 2 rings (SSSR count). The van der Waals surface area contributed by atoms with Crippen LogP contribution in [-0.4, -0.2) is 14.5 Å². The molecule has 0 radical (unpaired) electrons. The molecule has 0 amide bonds. The van der Waals surface area contributed by atoms with E-state index in [0.29, 0.717) is 21.6 Å². The van der Waals surface area contributed by atoms with E-state index in [1.54, 1.807) is 19.1 Å². The lowest BCUT2D eigenvalue weighted by atomic mass is 10.2. The Morgan fingerprint density at radius 3 is 2.72 bits per heavy atom. The van der Waals surface area contributed by atoms with E-state index in [9.17, 15) is 8.42 Å². The van der Waals surface area contributed by atoms with Crippen LogP contribution in [0.4, 0.5) is 5.69 Å². The number of halogens is 1. The summed E-state index contributed by atoms with van der Waals surface area (Å²) in [6.07, 6.45) is 1.94. The van der Waals surface area contributed by atoms with Crippen molar-refractivity contribution in [3.05, 3.63) is 22.2 Å². The van der Waals surface area contributed by atoms with Gasteiger partial charge >= 0.3 is 0 Å². The Balaban J connectivity index is 2.30. The van der Waals surface area contributed by atoms with Gasteiger partial charge in [-0.3, -0.25) is 0 Å². The van der Waals surface area contributed by atoms with Crippen LogP contribution in [0.1, 0.15) is 25.3 Å². The summed E-state index contributed by atoms with van der Waals surface area (Å²) in [6, 6.07) is 3.39. The summed E-state index contributed by atoms with van der Waals surface area (Å²) >= 11 is 3.27. The molecule has 0 spiro atoms. The van der Waals surface area contributed by atoms with Gasteiger partial charge in [0, 0.05) is 16.2 Å². The molecule has 4 nitrogen and oxygen atoms in total. The molecule has 0 heterocycles. The second-order valence-corrected chi connectivity index (χ2v) is 7.35. The molecular formula is C12H17BrN2O2S.